The number of nitrogens with one attached hydrogen (secondary N) is 2. The number of carbonyl (C=O) groups is 1. The fourth-order valence-electron chi connectivity index (χ4n) is 1.84. The summed E-state index contributed by atoms with van der Waals surface area (Å²) in [5.41, 5.74) is 2.15. The molecule has 1 aromatic carbocycles. The molecule has 2 aromatic rings. The average Bonchev–Trinajstić information content (AvgIpc) is 2.90. The van der Waals surface area contributed by atoms with Crippen LogP contribution in [0.5, 0.6) is 11.5 Å². The van der Waals surface area contributed by atoms with E-state index in [4.69, 9.17) is 9.47 Å². The lowest BCUT2D eigenvalue weighted by Gasteiger charge is -2.11. The second-order valence-electron chi connectivity index (χ2n) is 4.29. The largest absolute Gasteiger partial charge is 0.497 e. The molecule has 20 heavy (non-hydrogen) atoms. The maximum atomic E-state index is 12.0. The topological polar surface area (TPSA) is 76.2 Å². The molecule has 2 rings (SSSR count). The van der Waals surface area contributed by atoms with Crippen LogP contribution in [-0.2, 0) is 6.54 Å². The van der Waals surface area contributed by atoms with Gasteiger partial charge in [0.05, 0.1) is 20.4 Å². The van der Waals surface area contributed by atoms with Crippen molar-refractivity contribution in [3.8, 4) is 11.5 Å². The first-order valence-corrected chi connectivity index (χ1v) is 6.14. The summed E-state index contributed by atoms with van der Waals surface area (Å²) in [5.74, 6) is 1.19. The Kier molecular flexibility index (Phi) is 4.24. The number of aromatic nitrogens is 2. The van der Waals surface area contributed by atoms with Crippen LogP contribution in [0.3, 0.4) is 0 Å². The molecule has 6 nitrogen and oxygen atoms in total. The van der Waals surface area contributed by atoms with Gasteiger partial charge in [0, 0.05) is 18.2 Å². The summed E-state index contributed by atoms with van der Waals surface area (Å²) < 4.78 is 10.4. The van der Waals surface area contributed by atoms with E-state index in [0.717, 1.165) is 11.1 Å². The van der Waals surface area contributed by atoms with Crippen LogP contribution >= 0.6 is 0 Å². The minimum Gasteiger partial charge on any atom is -0.497 e. The van der Waals surface area contributed by atoms with Crippen molar-refractivity contribution >= 4 is 5.91 Å². The third kappa shape index (κ3) is 2.90. The van der Waals surface area contributed by atoms with Crippen molar-refractivity contribution < 1.29 is 14.3 Å². The molecular weight excluding hydrogens is 258 g/mol. The molecule has 1 aromatic heterocycles. The van der Waals surface area contributed by atoms with E-state index in [2.05, 4.69) is 15.5 Å². The van der Waals surface area contributed by atoms with Crippen LogP contribution in [0.1, 0.15) is 21.6 Å². The lowest BCUT2D eigenvalue weighted by Crippen LogP contribution is -2.24. The zero-order chi connectivity index (χ0) is 14.5. The summed E-state index contributed by atoms with van der Waals surface area (Å²) in [5, 5.41) is 9.33. The second-order valence-corrected chi connectivity index (χ2v) is 4.29. The summed E-state index contributed by atoms with van der Waals surface area (Å²) in [7, 11) is 3.18. The van der Waals surface area contributed by atoms with E-state index in [1.807, 2.05) is 19.1 Å². The number of aromatic amines is 1. The maximum absolute atomic E-state index is 12.0. The summed E-state index contributed by atoms with van der Waals surface area (Å²) in [6.45, 7) is 2.19. The Morgan fingerprint density at radius 2 is 2.15 bits per heavy atom. The number of methoxy groups -OCH3 is 2. The van der Waals surface area contributed by atoms with Crippen LogP contribution < -0.4 is 14.8 Å². The molecule has 0 radical (unpaired) electrons. The van der Waals surface area contributed by atoms with Crippen molar-refractivity contribution in [1.29, 1.82) is 0 Å². The van der Waals surface area contributed by atoms with Crippen molar-refractivity contribution in [3.05, 3.63) is 41.2 Å². The molecule has 1 heterocycles. The molecule has 0 aliphatic rings. The van der Waals surface area contributed by atoms with Crippen molar-refractivity contribution in [2.75, 3.05) is 14.2 Å². The van der Waals surface area contributed by atoms with E-state index in [1.54, 1.807) is 26.5 Å². The van der Waals surface area contributed by atoms with Gasteiger partial charge in [-0.1, -0.05) is 0 Å². The maximum Gasteiger partial charge on any atom is 0.269 e. The smallest absolute Gasteiger partial charge is 0.269 e. The number of rotatable bonds is 5. The SMILES string of the molecule is COc1ccc(CNC(=O)c2[nH]ncc2C)c(OC)c1. The molecule has 0 saturated carbocycles. The first-order chi connectivity index (χ1) is 9.65. The summed E-state index contributed by atoms with van der Waals surface area (Å²) in [6.07, 6.45) is 1.61. The highest BCUT2D eigenvalue weighted by molar-refractivity contribution is 5.93. The predicted molar refractivity (Wildman–Crippen MR) is 74.0 cm³/mol. The lowest BCUT2D eigenvalue weighted by molar-refractivity contribution is 0.0945. The zero-order valence-electron chi connectivity index (χ0n) is 11.7. The molecule has 0 bridgehead atoms. The number of carbonyl (C=O) groups excluding carboxylic acids is 1. The van der Waals surface area contributed by atoms with Gasteiger partial charge in [-0.15, -0.1) is 0 Å². The van der Waals surface area contributed by atoms with E-state index in [1.165, 1.54) is 0 Å². The van der Waals surface area contributed by atoms with Crippen LogP contribution in [0.25, 0.3) is 0 Å². The van der Waals surface area contributed by atoms with Crippen LogP contribution in [0.15, 0.2) is 24.4 Å². The Hall–Kier alpha value is -2.50. The molecule has 106 valence electrons. The Morgan fingerprint density at radius 3 is 2.75 bits per heavy atom. The van der Waals surface area contributed by atoms with Crippen molar-refractivity contribution in [2.24, 2.45) is 0 Å². The number of ether oxygens (including phenoxy) is 2. The predicted octanol–water partition coefficient (Wildman–Crippen LogP) is 1.67. The number of amides is 1. The molecule has 0 saturated heterocycles. The molecule has 0 atom stereocenters. The van der Waals surface area contributed by atoms with Gasteiger partial charge in [-0.3, -0.25) is 9.89 Å². The molecule has 0 aliphatic carbocycles. The highest BCUT2D eigenvalue weighted by Gasteiger charge is 2.12. The Bertz CT molecular complexity index is 607. The highest BCUT2D eigenvalue weighted by Crippen LogP contribution is 2.24. The van der Waals surface area contributed by atoms with E-state index in [9.17, 15) is 4.79 Å². The van der Waals surface area contributed by atoms with Crippen LogP contribution in [0, 0.1) is 6.92 Å². The molecular formula is C14H17N3O3. The standard InChI is InChI=1S/C14H17N3O3/c1-9-7-16-17-13(9)14(18)15-8-10-4-5-11(19-2)6-12(10)20-3/h4-7H,8H2,1-3H3,(H,15,18)(H,16,17). The zero-order valence-corrected chi connectivity index (χ0v) is 11.7. The minimum atomic E-state index is -0.196. The normalized spacial score (nSPS) is 10.2. The van der Waals surface area contributed by atoms with Gasteiger partial charge in [0.1, 0.15) is 17.2 Å². The van der Waals surface area contributed by atoms with E-state index < -0.39 is 0 Å². The Balaban J connectivity index is 2.07. The van der Waals surface area contributed by atoms with Gasteiger partial charge in [-0.25, -0.2) is 0 Å². The summed E-state index contributed by atoms with van der Waals surface area (Å²) in [6, 6.07) is 5.46. The third-order valence-electron chi connectivity index (χ3n) is 2.99. The van der Waals surface area contributed by atoms with Gasteiger partial charge in [-0.2, -0.15) is 5.10 Å². The molecule has 1 amide bonds. The summed E-state index contributed by atoms with van der Waals surface area (Å²) >= 11 is 0. The number of hydrogen-bond acceptors (Lipinski definition) is 4. The second kappa shape index (κ2) is 6.10. The molecule has 0 aliphatic heterocycles. The van der Waals surface area contributed by atoms with Gasteiger partial charge in [-0.05, 0) is 24.6 Å². The average molecular weight is 275 g/mol. The molecule has 0 fully saturated rings. The van der Waals surface area contributed by atoms with Crippen LogP contribution in [0.4, 0.5) is 0 Å². The number of benzene rings is 1. The molecule has 0 spiro atoms. The van der Waals surface area contributed by atoms with Gasteiger partial charge in [0.15, 0.2) is 0 Å². The number of nitrogens with zero attached hydrogens (tertiary/aromatic N) is 1. The van der Waals surface area contributed by atoms with E-state index >= 15 is 0 Å². The van der Waals surface area contributed by atoms with Crippen LogP contribution in [0.2, 0.25) is 0 Å². The molecule has 6 heteroatoms. The quantitative estimate of drug-likeness (QED) is 0.870. The number of H-pyrrole nitrogens is 1. The Morgan fingerprint density at radius 1 is 1.35 bits per heavy atom. The number of aryl methyl sites for hydroxylation is 1. The minimum absolute atomic E-state index is 0.196. The third-order valence-corrected chi connectivity index (χ3v) is 2.99. The van der Waals surface area contributed by atoms with E-state index in [0.29, 0.717) is 23.7 Å². The van der Waals surface area contributed by atoms with E-state index in [-0.39, 0.29) is 5.91 Å². The van der Waals surface area contributed by atoms with Gasteiger partial charge in [0.25, 0.3) is 5.91 Å². The highest BCUT2D eigenvalue weighted by atomic mass is 16.5. The fourth-order valence-corrected chi connectivity index (χ4v) is 1.84. The van der Waals surface area contributed by atoms with Crippen molar-refractivity contribution in [3.63, 3.8) is 0 Å². The van der Waals surface area contributed by atoms with Crippen molar-refractivity contribution in [1.82, 2.24) is 15.5 Å². The lowest BCUT2D eigenvalue weighted by atomic mass is 10.2. The Labute approximate surface area is 117 Å². The first-order valence-electron chi connectivity index (χ1n) is 6.14. The van der Waals surface area contributed by atoms with Gasteiger partial charge >= 0.3 is 0 Å². The summed E-state index contributed by atoms with van der Waals surface area (Å²) in [4.78, 5) is 12.0. The fraction of sp³-hybridized carbons (Fsp3) is 0.286. The van der Waals surface area contributed by atoms with Gasteiger partial charge < -0.3 is 14.8 Å². The van der Waals surface area contributed by atoms with Gasteiger partial charge in [0.2, 0.25) is 0 Å². The number of hydrogen-bond donors (Lipinski definition) is 2. The van der Waals surface area contributed by atoms with Crippen LogP contribution in [-0.4, -0.2) is 30.3 Å². The van der Waals surface area contributed by atoms with Crippen molar-refractivity contribution in [2.45, 2.75) is 13.5 Å². The molecule has 2 N–H and O–H groups in total. The first kappa shape index (κ1) is 13.9. The monoisotopic (exact) mass is 275 g/mol. The molecule has 0 unspecified atom stereocenters.